The quantitative estimate of drug-likeness (QED) is 0.745. The minimum Gasteiger partial charge on any atom is -0.481 e. The van der Waals surface area contributed by atoms with Crippen LogP contribution in [0.2, 0.25) is 0 Å². The number of rotatable bonds is 5. The molecule has 0 aromatic carbocycles. The second-order valence-electron chi connectivity index (χ2n) is 6.68. The van der Waals surface area contributed by atoms with Crippen molar-refractivity contribution in [1.29, 1.82) is 0 Å². The molecule has 2 fully saturated rings. The van der Waals surface area contributed by atoms with Gasteiger partial charge in [-0.3, -0.25) is 14.5 Å². The standard InChI is InChI=1S/C16H24N2O3/c1-10(18-6-2-3-7-18)9-17-15(19)13-11-4-5-12(8-11)14(13)16(20)21/h4-5,10-14H,2-3,6-9H2,1H3,(H,17,19)(H,20,21). The molecule has 2 N–H and O–H groups in total. The molecule has 3 rings (SSSR count). The second kappa shape index (κ2) is 5.79. The van der Waals surface area contributed by atoms with E-state index in [-0.39, 0.29) is 23.7 Å². The second-order valence-corrected chi connectivity index (χ2v) is 6.68. The summed E-state index contributed by atoms with van der Waals surface area (Å²) in [6.45, 7) is 4.95. The van der Waals surface area contributed by atoms with Crippen LogP contribution in [0.15, 0.2) is 12.2 Å². The summed E-state index contributed by atoms with van der Waals surface area (Å²) < 4.78 is 0. The Morgan fingerprint density at radius 3 is 2.48 bits per heavy atom. The maximum atomic E-state index is 12.4. The Kier molecular flexibility index (Phi) is 4.02. The number of amides is 1. The summed E-state index contributed by atoms with van der Waals surface area (Å²) in [7, 11) is 0. The topological polar surface area (TPSA) is 69.6 Å². The van der Waals surface area contributed by atoms with Crippen LogP contribution in [0.4, 0.5) is 0 Å². The zero-order valence-electron chi connectivity index (χ0n) is 12.5. The van der Waals surface area contributed by atoms with Crippen LogP contribution in [0.5, 0.6) is 0 Å². The van der Waals surface area contributed by atoms with E-state index in [2.05, 4.69) is 17.1 Å². The van der Waals surface area contributed by atoms with Gasteiger partial charge in [-0.1, -0.05) is 12.2 Å². The summed E-state index contributed by atoms with van der Waals surface area (Å²) >= 11 is 0. The zero-order valence-corrected chi connectivity index (χ0v) is 12.5. The number of nitrogens with zero attached hydrogens (tertiary/aromatic N) is 1. The third kappa shape index (κ3) is 2.71. The van der Waals surface area contributed by atoms with Gasteiger partial charge >= 0.3 is 5.97 Å². The number of fused-ring (bicyclic) bond motifs is 2. The van der Waals surface area contributed by atoms with Gasteiger partial charge < -0.3 is 10.4 Å². The van der Waals surface area contributed by atoms with Crippen molar-refractivity contribution in [2.45, 2.75) is 32.2 Å². The van der Waals surface area contributed by atoms with Crippen LogP contribution in [-0.2, 0) is 9.59 Å². The van der Waals surface area contributed by atoms with Crippen LogP contribution < -0.4 is 5.32 Å². The van der Waals surface area contributed by atoms with Gasteiger partial charge in [-0.25, -0.2) is 0 Å². The Morgan fingerprint density at radius 2 is 1.86 bits per heavy atom. The van der Waals surface area contributed by atoms with Gasteiger partial charge in [-0.2, -0.15) is 0 Å². The van der Waals surface area contributed by atoms with Crippen LogP contribution in [0, 0.1) is 23.7 Å². The first-order valence-electron chi connectivity index (χ1n) is 8.01. The van der Waals surface area contributed by atoms with Gasteiger partial charge in [0.25, 0.3) is 0 Å². The van der Waals surface area contributed by atoms with E-state index < -0.39 is 11.9 Å². The van der Waals surface area contributed by atoms with Crippen molar-refractivity contribution in [2.75, 3.05) is 19.6 Å². The van der Waals surface area contributed by atoms with Crippen LogP contribution in [0.25, 0.3) is 0 Å². The number of carbonyl (C=O) groups is 2. The molecule has 1 saturated carbocycles. The molecule has 0 radical (unpaired) electrons. The molecule has 5 unspecified atom stereocenters. The largest absolute Gasteiger partial charge is 0.481 e. The van der Waals surface area contributed by atoms with Crippen LogP contribution in [0.3, 0.4) is 0 Å². The summed E-state index contributed by atoms with van der Waals surface area (Å²) in [5.41, 5.74) is 0. The highest BCUT2D eigenvalue weighted by molar-refractivity contribution is 5.86. The van der Waals surface area contributed by atoms with Gasteiger partial charge in [-0.05, 0) is 51.1 Å². The Bertz CT molecular complexity index is 456. The van der Waals surface area contributed by atoms with Crippen molar-refractivity contribution >= 4 is 11.9 Å². The van der Waals surface area contributed by atoms with Crippen molar-refractivity contribution in [1.82, 2.24) is 10.2 Å². The van der Waals surface area contributed by atoms with E-state index in [1.165, 1.54) is 12.8 Å². The number of hydrogen-bond acceptors (Lipinski definition) is 3. The van der Waals surface area contributed by atoms with E-state index in [1.807, 2.05) is 12.2 Å². The highest BCUT2D eigenvalue weighted by atomic mass is 16.4. The third-order valence-electron chi connectivity index (χ3n) is 5.38. The highest BCUT2D eigenvalue weighted by Crippen LogP contribution is 2.48. The van der Waals surface area contributed by atoms with E-state index in [0.29, 0.717) is 12.6 Å². The number of likely N-dealkylation sites (tertiary alicyclic amines) is 1. The minimum atomic E-state index is -0.834. The van der Waals surface area contributed by atoms with Crippen LogP contribution >= 0.6 is 0 Å². The van der Waals surface area contributed by atoms with Crippen LogP contribution in [0.1, 0.15) is 26.2 Å². The average Bonchev–Trinajstić information content (AvgIpc) is 3.17. The number of aliphatic carboxylic acids is 1. The molecule has 2 bridgehead atoms. The maximum Gasteiger partial charge on any atom is 0.307 e. The molecule has 3 aliphatic rings. The van der Waals surface area contributed by atoms with Crippen molar-refractivity contribution < 1.29 is 14.7 Å². The van der Waals surface area contributed by atoms with E-state index >= 15 is 0 Å². The van der Waals surface area contributed by atoms with Crippen LogP contribution in [-0.4, -0.2) is 47.6 Å². The fraction of sp³-hybridized carbons (Fsp3) is 0.750. The third-order valence-corrected chi connectivity index (χ3v) is 5.38. The molecule has 5 heteroatoms. The summed E-state index contributed by atoms with van der Waals surface area (Å²) in [5, 5.41) is 12.4. The van der Waals surface area contributed by atoms with E-state index in [0.717, 1.165) is 19.5 Å². The SMILES string of the molecule is CC(CNC(=O)C1C2C=CC(C2)C1C(=O)O)N1CCCC1. The summed E-state index contributed by atoms with van der Waals surface area (Å²) in [5.74, 6) is -1.69. The van der Waals surface area contributed by atoms with E-state index in [1.54, 1.807) is 0 Å². The Morgan fingerprint density at radius 1 is 1.24 bits per heavy atom. The molecule has 0 aromatic rings. The Hall–Kier alpha value is -1.36. The lowest BCUT2D eigenvalue weighted by molar-refractivity contribution is -0.147. The van der Waals surface area contributed by atoms with Gasteiger partial charge in [0.15, 0.2) is 0 Å². The van der Waals surface area contributed by atoms with Crippen molar-refractivity contribution in [3.05, 3.63) is 12.2 Å². The first-order valence-corrected chi connectivity index (χ1v) is 8.01. The predicted molar refractivity (Wildman–Crippen MR) is 78.6 cm³/mol. The monoisotopic (exact) mass is 292 g/mol. The van der Waals surface area contributed by atoms with Crippen molar-refractivity contribution in [2.24, 2.45) is 23.7 Å². The molecular weight excluding hydrogens is 268 g/mol. The Labute approximate surface area is 125 Å². The molecule has 0 aromatic heterocycles. The molecule has 116 valence electrons. The number of carboxylic acids is 1. The number of carbonyl (C=O) groups excluding carboxylic acids is 1. The van der Waals surface area contributed by atoms with Gasteiger partial charge in [0.1, 0.15) is 0 Å². The lowest BCUT2D eigenvalue weighted by Crippen LogP contribution is -2.45. The first-order chi connectivity index (χ1) is 10.1. The maximum absolute atomic E-state index is 12.4. The van der Waals surface area contributed by atoms with Gasteiger partial charge in [0, 0.05) is 12.6 Å². The molecule has 5 atom stereocenters. The molecule has 1 heterocycles. The smallest absolute Gasteiger partial charge is 0.307 e. The fourth-order valence-electron chi connectivity index (χ4n) is 4.19. The molecule has 1 saturated heterocycles. The molecular formula is C16H24N2O3. The number of hydrogen-bond donors (Lipinski definition) is 2. The fourth-order valence-corrected chi connectivity index (χ4v) is 4.19. The van der Waals surface area contributed by atoms with Crippen molar-refractivity contribution in [3.63, 3.8) is 0 Å². The minimum absolute atomic E-state index is 0.0410. The van der Waals surface area contributed by atoms with Gasteiger partial charge in [0.2, 0.25) is 5.91 Å². The Balaban J connectivity index is 1.57. The summed E-state index contributed by atoms with van der Waals surface area (Å²) in [6, 6.07) is 0.328. The summed E-state index contributed by atoms with van der Waals surface area (Å²) in [4.78, 5) is 26.3. The lowest BCUT2D eigenvalue weighted by atomic mass is 9.82. The molecule has 5 nitrogen and oxygen atoms in total. The number of allylic oxidation sites excluding steroid dienone is 2. The van der Waals surface area contributed by atoms with Crippen molar-refractivity contribution in [3.8, 4) is 0 Å². The van der Waals surface area contributed by atoms with E-state index in [4.69, 9.17) is 0 Å². The molecule has 1 aliphatic heterocycles. The molecule has 1 amide bonds. The molecule has 2 aliphatic carbocycles. The van der Waals surface area contributed by atoms with E-state index in [9.17, 15) is 14.7 Å². The van der Waals surface area contributed by atoms with Gasteiger partial charge in [0.05, 0.1) is 11.8 Å². The zero-order chi connectivity index (χ0) is 15.0. The van der Waals surface area contributed by atoms with Gasteiger partial charge in [-0.15, -0.1) is 0 Å². The first kappa shape index (κ1) is 14.6. The lowest BCUT2D eigenvalue weighted by Gasteiger charge is -2.27. The normalized spacial score (nSPS) is 36.0. The summed E-state index contributed by atoms with van der Waals surface area (Å²) in [6.07, 6.45) is 7.28. The highest BCUT2D eigenvalue weighted by Gasteiger charge is 2.51. The number of nitrogens with one attached hydrogen (secondary N) is 1. The average molecular weight is 292 g/mol. The number of carboxylic acid groups (broad SMARTS) is 1. The molecule has 21 heavy (non-hydrogen) atoms. The molecule has 0 spiro atoms. The predicted octanol–water partition coefficient (Wildman–Crippen LogP) is 1.11.